The monoisotopic (exact) mass is 639 g/mol. The second-order valence-corrected chi connectivity index (χ2v) is 13.0. The molecule has 0 radical (unpaired) electrons. The molecule has 0 aliphatic rings. The second-order valence-electron chi connectivity index (χ2n) is 13.0. The van der Waals surface area contributed by atoms with Gasteiger partial charge < -0.3 is 4.57 Å². The molecule has 0 saturated heterocycles. The Balaban J connectivity index is 1.08. The summed E-state index contributed by atoms with van der Waals surface area (Å²) < 4.78 is 16.5. The Bertz CT molecular complexity index is 2850. The van der Waals surface area contributed by atoms with E-state index in [1.807, 2.05) is 18.2 Å². The van der Waals surface area contributed by atoms with Crippen LogP contribution in [0.1, 0.15) is 0 Å². The first-order valence-electron chi connectivity index (χ1n) is 17.0. The molecular formula is C48H30FN. The molecule has 0 aliphatic carbocycles. The van der Waals surface area contributed by atoms with Crippen LogP contribution in [0, 0.1) is 5.82 Å². The van der Waals surface area contributed by atoms with Gasteiger partial charge in [0.15, 0.2) is 0 Å². The van der Waals surface area contributed by atoms with Gasteiger partial charge in [-0.05, 0) is 102 Å². The van der Waals surface area contributed by atoms with Crippen LogP contribution in [0.15, 0.2) is 182 Å². The molecule has 0 fully saturated rings. The molecule has 0 spiro atoms. The van der Waals surface area contributed by atoms with E-state index >= 15 is 0 Å². The van der Waals surface area contributed by atoms with Crippen LogP contribution < -0.4 is 0 Å². The molecule has 1 aromatic heterocycles. The van der Waals surface area contributed by atoms with Crippen molar-refractivity contribution < 1.29 is 4.39 Å². The Labute approximate surface area is 289 Å². The summed E-state index contributed by atoms with van der Waals surface area (Å²) in [4.78, 5) is 0. The molecular weight excluding hydrogens is 610 g/mol. The van der Waals surface area contributed by atoms with E-state index in [9.17, 15) is 4.39 Å². The topological polar surface area (TPSA) is 4.93 Å². The number of hydrogen-bond donors (Lipinski definition) is 0. The zero-order valence-corrected chi connectivity index (χ0v) is 27.1. The minimum Gasteiger partial charge on any atom is -0.309 e. The third kappa shape index (κ3) is 4.39. The van der Waals surface area contributed by atoms with Crippen LogP contribution in [-0.2, 0) is 0 Å². The predicted octanol–water partition coefficient (Wildman–Crippen LogP) is 13.4. The largest absolute Gasteiger partial charge is 0.309 e. The van der Waals surface area contributed by atoms with Gasteiger partial charge >= 0.3 is 0 Å². The highest BCUT2D eigenvalue weighted by Crippen LogP contribution is 2.45. The van der Waals surface area contributed by atoms with Gasteiger partial charge in [-0.3, -0.25) is 0 Å². The third-order valence-corrected chi connectivity index (χ3v) is 10.3. The molecule has 10 aromatic rings. The summed E-state index contributed by atoms with van der Waals surface area (Å²) in [5.74, 6) is -0.221. The number of benzene rings is 9. The molecule has 1 heterocycles. The molecule has 2 heteroatoms. The molecule has 0 atom stereocenters. The second kappa shape index (κ2) is 11.3. The number of hydrogen-bond acceptors (Lipinski definition) is 0. The highest BCUT2D eigenvalue weighted by Gasteiger charge is 2.18. The van der Waals surface area contributed by atoms with Crippen LogP contribution in [0.4, 0.5) is 4.39 Å². The summed E-state index contributed by atoms with van der Waals surface area (Å²) in [5, 5.41) is 9.48. The lowest BCUT2D eigenvalue weighted by atomic mass is 9.84. The molecule has 10 rings (SSSR count). The number of nitrogens with zero attached hydrogens (tertiary/aromatic N) is 1. The summed E-state index contributed by atoms with van der Waals surface area (Å²) in [5.41, 5.74) is 10.4. The van der Waals surface area contributed by atoms with Gasteiger partial charge in [0.1, 0.15) is 5.82 Å². The van der Waals surface area contributed by atoms with Gasteiger partial charge in [-0.1, -0.05) is 146 Å². The first-order valence-corrected chi connectivity index (χ1v) is 17.0. The van der Waals surface area contributed by atoms with Crippen LogP contribution >= 0.6 is 0 Å². The number of halogens is 1. The van der Waals surface area contributed by atoms with E-state index < -0.39 is 0 Å². The highest BCUT2D eigenvalue weighted by atomic mass is 19.1. The van der Waals surface area contributed by atoms with Crippen LogP contribution in [0.3, 0.4) is 0 Å². The third-order valence-electron chi connectivity index (χ3n) is 10.3. The summed E-state index contributed by atoms with van der Waals surface area (Å²) in [6, 6.07) is 63.9. The molecule has 234 valence electrons. The van der Waals surface area contributed by atoms with Crippen molar-refractivity contribution in [2.24, 2.45) is 0 Å². The SMILES string of the molecule is Fc1ccc2c(c1)c1ccccc1n2-c1ccc(-c2ccc(-c3c4ccccc4c(-c4cccc5ccccc45)c4ccccc34)cc2)cc1. The summed E-state index contributed by atoms with van der Waals surface area (Å²) in [7, 11) is 0. The smallest absolute Gasteiger partial charge is 0.123 e. The molecule has 1 nitrogen and oxygen atoms in total. The molecule has 0 aliphatic heterocycles. The van der Waals surface area contributed by atoms with E-state index in [1.54, 1.807) is 6.07 Å². The number of rotatable bonds is 4. The van der Waals surface area contributed by atoms with E-state index in [-0.39, 0.29) is 5.82 Å². The van der Waals surface area contributed by atoms with Crippen molar-refractivity contribution in [1.82, 2.24) is 4.57 Å². The van der Waals surface area contributed by atoms with Crippen LogP contribution in [0.25, 0.3) is 93.2 Å². The number of para-hydroxylation sites is 1. The molecule has 0 bridgehead atoms. The van der Waals surface area contributed by atoms with Gasteiger partial charge in [0, 0.05) is 16.5 Å². The zero-order valence-electron chi connectivity index (χ0n) is 27.1. The first kappa shape index (κ1) is 28.5. The molecule has 0 saturated carbocycles. The van der Waals surface area contributed by atoms with Crippen molar-refractivity contribution >= 4 is 54.1 Å². The Kier molecular flexibility index (Phi) is 6.43. The predicted molar refractivity (Wildman–Crippen MR) is 210 cm³/mol. The lowest BCUT2D eigenvalue weighted by molar-refractivity contribution is 0.629. The number of aromatic nitrogens is 1. The van der Waals surface area contributed by atoms with Gasteiger partial charge in [-0.25, -0.2) is 4.39 Å². The normalized spacial score (nSPS) is 11.7. The van der Waals surface area contributed by atoms with Crippen molar-refractivity contribution in [2.45, 2.75) is 0 Å². The van der Waals surface area contributed by atoms with Crippen LogP contribution in [-0.4, -0.2) is 4.57 Å². The maximum absolute atomic E-state index is 14.2. The van der Waals surface area contributed by atoms with Gasteiger partial charge in [0.05, 0.1) is 11.0 Å². The average molecular weight is 640 g/mol. The van der Waals surface area contributed by atoms with Crippen molar-refractivity contribution in [1.29, 1.82) is 0 Å². The fourth-order valence-electron chi connectivity index (χ4n) is 8.03. The summed E-state index contributed by atoms with van der Waals surface area (Å²) in [6.07, 6.45) is 0. The quantitative estimate of drug-likeness (QED) is 0.169. The average Bonchev–Trinajstić information content (AvgIpc) is 3.50. The summed E-state index contributed by atoms with van der Waals surface area (Å²) >= 11 is 0. The highest BCUT2D eigenvalue weighted by molar-refractivity contribution is 6.23. The van der Waals surface area contributed by atoms with Crippen molar-refractivity contribution in [3.05, 3.63) is 188 Å². The zero-order chi connectivity index (χ0) is 33.2. The van der Waals surface area contributed by atoms with E-state index in [2.05, 4.69) is 156 Å². The lowest BCUT2D eigenvalue weighted by Gasteiger charge is -2.19. The minimum absolute atomic E-state index is 0.221. The molecule has 0 unspecified atom stereocenters. The molecule has 0 amide bonds. The van der Waals surface area contributed by atoms with Crippen molar-refractivity contribution in [3.63, 3.8) is 0 Å². The lowest BCUT2D eigenvalue weighted by Crippen LogP contribution is -1.94. The molecule has 50 heavy (non-hydrogen) atoms. The van der Waals surface area contributed by atoms with Crippen LogP contribution in [0.2, 0.25) is 0 Å². The van der Waals surface area contributed by atoms with E-state index in [0.29, 0.717) is 0 Å². The Morgan fingerprint density at radius 2 is 0.840 bits per heavy atom. The maximum Gasteiger partial charge on any atom is 0.123 e. The first-order chi connectivity index (χ1) is 24.7. The van der Waals surface area contributed by atoms with Gasteiger partial charge in [0.2, 0.25) is 0 Å². The fraction of sp³-hybridized carbons (Fsp3) is 0. The minimum atomic E-state index is -0.221. The molecule has 0 N–H and O–H groups in total. The van der Waals surface area contributed by atoms with E-state index in [4.69, 9.17) is 0 Å². The maximum atomic E-state index is 14.2. The van der Waals surface area contributed by atoms with Gasteiger partial charge in [-0.15, -0.1) is 0 Å². The standard InChI is InChI=1S/C48H30FN/c49-35-26-29-46-44(30-35)38-13-7-8-19-45(38)50(46)36-27-24-32(25-28-36)31-20-22-34(23-21-31)47-40-14-3-5-16-42(40)48(43-17-6-4-15-41(43)47)39-18-9-11-33-10-1-2-12-37(33)39/h1-30H. The Morgan fingerprint density at radius 1 is 0.340 bits per heavy atom. The van der Waals surface area contributed by atoms with Gasteiger partial charge in [-0.2, -0.15) is 0 Å². The van der Waals surface area contributed by atoms with Crippen molar-refractivity contribution in [3.8, 4) is 39.1 Å². The van der Waals surface area contributed by atoms with E-state index in [0.717, 1.165) is 38.6 Å². The van der Waals surface area contributed by atoms with Crippen LogP contribution in [0.5, 0.6) is 0 Å². The van der Waals surface area contributed by atoms with E-state index in [1.165, 1.54) is 60.6 Å². The Hall–Kier alpha value is -6.51. The van der Waals surface area contributed by atoms with Gasteiger partial charge in [0.25, 0.3) is 0 Å². The Morgan fingerprint density at radius 3 is 1.52 bits per heavy atom. The molecule has 9 aromatic carbocycles. The summed E-state index contributed by atoms with van der Waals surface area (Å²) in [6.45, 7) is 0. The fourth-order valence-corrected chi connectivity index (χ4v) is 8.03. The number of fused-ring (bicyclic) bond motifs is 6. The van der Waals surface area contributed by atoms with Crippen molar-refractivity contribution in [2.75, 3.05) is 0 Å².